The van der Waals surface area contributed by atoms with Gasteiger partial charge in [-0.1, -0.05) is 0 Å². The summed E-state index contributed by atoms with van der Waals surface area (Å²) >= 11 is 0. The Kier molecular flexibility index (Phi) is 3.15. The highest BCUT2D eigenvalue weighted by Gasteiger charge is 2.32. The molecule has 4 nitrogen and oxygen atoms in total. The Morgan fingerprint density at radius 2 is 1.76 bits per heavy atom. The molecule has 1 aromatic rings. The largest absolute Gasteiger partial charge is 0.383 e. The predicted octanol–water partition coefficient (Wildman–Crippen LogP) is 1.66. The molecule has 6 heteroatoms. The van der Waals surface area contributed by atoms with Crippen molar-refractivity contribution in [3.63, 3.8) is 0 Å². The van der Waals surface area contributed by atoms with Crippen LogP contribution in [0.4, 0.5) is 8.78 Å². The van der Waals surface area contributed by atoms with Gasteiger partial charge < -0.3 is 5.11 Å². The first-order valence-corrected chi connectivity index (χ1v) is 5.39. The van der Waals surface area contributed by atoms with Gasteiger partial charge in [-0.25, -0.2) is 23.7 Å². The van der Waals surface area contributed by atoms with Crippen molar-refractivity contribution in [1.29, 1.82) is 0 Å². The summed E-state index contributed by atoms with van der Waals surface area (Å²) < 4.78 is 26.8. The molecule has 0 bridgehead atoms. The van der Waals surface area contributed by atoms with Crippen molar-refractivity contribution in [1.82, 2.24) is 15.0 Å². The van der Waals surface area contributed by atoms with E-state index in [1.165, 1.54) is 0 Å². The number of aliphatic hydroxyl groups excluding tert-OH is 1. The Balaban J connectivity index is 2.46. The number of aliphatic hydroxyl groups is 1. The molecule has 0 radical (unpaired) electrons. The van der Waals surface area contributed by atoms with E-state index >= 15 is 0 Å². The molecule has 2 rings (SSSR count). The van der Waals surface area contributed by atoms with Gasteiger partial charge in [0.15, 0.2) is 5.82 Å². The molecule has 0 aliphatic heterocycles. The summed E-state index contributed by atoms with van der Waals surface area (Å²) in [5.74, 6) is 0.279. The third-order valence-electron chi connectivity index (χ3n) is 2.69. The predicted molar refractivity (Wildman–Crippen MR) is 57.5 cm³/mol. The molecule has 1 aromatic heterocycles. The average Bonchev–Trinajstić information content (AvgIpc) is 2.24. The quantitative estimate of drug-likeness (QED) is 0.812. The number of aryl methyl sites for hydroxylation is 2. The molecule has 0 aromatic carbocycles. The summed E-state index contributed by atoms with van der Waals surface area (Å²) in [6.07, 6.45) is -2.99. The van der Waals surface area contributed by atoms with Crippen molar-refractivity contribution in [2.75, 3.05) is 0 Å². The van der Waals surface area contributed by atoms with Crippen LogP contribution in [0.2, 0.25) is 0 Å². The zero-order valence-corrected chi connectivity index (χ0v) is 9.61. The van der Waals surface area contributed by atoms with Crippen molar-refractivity contribution in [2.45, 2.75) is 39.0 Å². The van der Waals surface area contributed by atoms with E-state index < -0.39 is 18.1 Å². The molecular weight excluding hydrogens is 228 g/mol. The molecule has 0 saturated heterocycles. The highest BCUT2D eigenvalue weighted by atomic mass is 19.1. The molecule has 0 amide bonds. The third kappa shape index (κ3) is 2.31. The Morgan fingerprint density at radius 1 is 1.18 bits per heavy atom. The number of halogens is 2. The van der Waals surface area contributed by atoms with Crippen LogP contribution in [0.25, 0.3) is 5.57 Å². The maximum absolute atomic E-state index is 13.7. The van der Waals surface area contributed by atoms with Gasteiger partial charge in [-0.2, -0.15) is 0 Å². The molecule has 2 atom stereocenters. The van der Waals surface area contributed by atoms with E-state index in [0.29, 0.717) is 11.6 Å². The van der Waals surface area contributed by atoms with Crippen molar-refractivity contribution in [2.24, 2.45) is 0 Å². The number of nitrogens with zero attached hydrogens (tertiary/aromatic N) is 3. The first-order valence-electron chi connectivity index (χ1n) is 5.39. The highest BCUT2D eigenvalue weighted by Crippen LogP contribution is 2.33. The van der Waals surface area contributed by atoms with Gasteiger partial charge in [0.25, 0.3) is 0 Å². The second-order valence-electron chi connectivity index (χ2n) is 4.08. The zero-order chi connectivity index (χ0) is 12.6. The summed E-state index contributed by atoms with van der Waals surface area (Å²) in [5, 5.41) is 9.34. The smallest absolute Gasteiger partial charge is 0.161 e. The molecule has 0 fully saturated rings. The summed E-state index contributed by atoms with van der Waals surface area (Å²) in [7, 11) is 0. The van der Waals surface area contributed by atoms with E-state index in [9.17, 15) is 13.9 Å². The SMILES string of the molecule is Cc1nc(C)nc(C2=C(F)[C@H](O)[C@@H](F)CC2)n1. The minimum absolute atomic E-state index is 0.0771. The fourth-order valence-electron chi connectivity index (χ4n) is 1.87. The minimum Gasteiger partial charge on any atom is -0.383 e. The van der Waals surface area contributed by atoms with Gasteiger partial charge in [-0.05, 0) is 26.7 Å². The Hall–Kier alpha value is -1.43. The van der Waals surface area contributed by atoms with Gasteiger partial charge in [0.2, 0.25) is 0 Å². The molecule has 1 heterocycles. The first kappa shape index (κ1) is 12.0. The maximum Gasteiger partial charge on any atom is 0.161 e. The van der Waals surface area contributed by atoms with Gasteiger partial charge >= 0.3 is 0 Å². The van der Waals surface area contributed by atoms with Crippen molar-refractivity contribution < 1.29 is 13.9 Å². The lowest BCUT2D eigenvalue weighted by atomic mass is 9.94. The van der Waals surface area contributed by atoms with Crippen molar-refractivity contribution >= 4 is 5.57 Å². The second-order valence-corrected chi connectivity index (χ2v) is 4.08. The van der Waals surface area contributed by atoms with Gasteiger partial charge in [-0.3, -0.25) is 0 Å². The van der Waals surface area contributed by atoms with Crippen LogP contribution in [0.1, 0.15) is 30.3 Å². The van der Waals surface area contributed by atoms with E-state index in [-0.39, 0.29) is 24.2 Å². The molecule has 92 valence electrons. The van der Waals surface area contributed by atoms with Crippen LogP contribution in [0.15, 0.2) is 5.83 Å². The lowest BCUT2D eigenvalue weighted by Gasteiger charge is -2.22. The first-order chi connectivity index (χ1) is 7.99. The number of rotatable bonds is 1. The van der Waals surface area contributed by atoms with Gasteiger partial charge in [0.05, 0.1) is 0 Å². The van der Waals surface area contributed by atoms with Crippen LogP contribution < -0.4 is 0 Å². The van der Waals surface area contributed by atoms with Crippen LogP contribution in [-0.4, -0.2) is 32.3 Å². The molecule has 0 unspecified atom stereocenters. The third-order valence-corrected chi connectivity index (χ3v) is 2.69. The Bertz CT molecular complexity index is 456. The number of alkyl halides is 1. The van der Waals surface area contributed by atoms with Crippen molar-refractivity contribution in [3.8, 4) is 0 Å². The minimum atomic E-state index is -1.70. The molecule has 1 aliphatic carbocycles. The zero-order valence-electron chi connectivity index (χ0n) is 9.61. The van der Waals surface area contributed by atoms with Gasteiger partial charge in [0, 0.05) is 5.57 Å². The number of allylic oxidation sites excluding steroid dienone is 1. The molecule has 1 aliphatic rings. The summed E-state index contributed by atoms with van der Waals surface area (Å²) in [6.45, 7) is 3.35. The fraction of sp³-hybridized carbons (Fsp3) is 0.545. The topological polar surface area (TPSA) is 58.9 Å². The van der Waals surface area contributed by atoms with Crippen LogP contribution in [0, 0.1) is 13.8 Å². The van der Waals surface area contributed by atoms with Gasteiger partial charge in [0.1, 0.15) is 29.8 Å². The van der Waals surface area contributed by atoms with E-state index in [1.807, 2.05) is 0 Å². The Morgan fingerprint density at radius 3 is 2.35 bits per heavy atom. The molecule has 0 spiro atoms. The number of hydrogen-bond donors (Lipinski definition) is 1. The normalized spacial score (nSPS) is 25.2. The highest BCUT2D eigenvalue weighted by molar-refractivity contribution is 5.64. The summed E-state index contributed by atoms with van der Waals surface area (Å²) in [4.78, 5) is 12.0. The standard InChI is InChI=1S/C11H13F2N3O/c1-5-14-6(2)16-11(15-5)7-3-4-8(12)10(17)9(7)13/h8,10,17H,3-4H2,1-2H3/t8-,10+/m0/s1. The van der Waals surface area contributed by atoms with E-state index in [2.05, 4.69) is 15.0 Å². The fourth-order valence-corrected chi connectivity index (χ4v) is 1.87. The van der Waals surface area contributed by atoms with Crippen molar-refractivity contribution in [3.05, 3.63) is 23.3 Å². The molecule has 1 N–H and O–H groups in total. The van der Waals surface area contributed by atoms with Crippen LogP contribution in [0.5, 0.6) is 0 Å². The molecular formula is C11H13F2N3O. The summed E-state index contributed by atoms with van der Waals surface area (Å²) in [5.41, 5.74) is 0.181. The van der Waals surface area contributed by atoms with E-state index in [0.717, 1.165) is 0 Å². The monoisotopic (exact) mass is 241 g/mol. The van der Waals surface area contributed by atoms with Gasteiger partial charge in [-0.15, -0.1) is 0 Å². The lowest BCUT2D eigenvalue weighted by Crippen LogP contribution is -2.27. The lowest BCUT2D eigenvalue weighted by molar-refractivity contribution is 0.0777. The second kappa shape index (κ2) is 4.44. The van der Waals surface area contributed by atoms with Crippen LogP contribution >= 0.6 is 0 Å². The number of hydrogen-bond acceptors (Lipinski definition) is 4. The molecule has 0 saturated carbocycles. The van der Waals surface area contributed by atoms with Crippen LogP contribution in [-0.2, 0) is 0 Å². The average molecular weight is 241 g/mol. The van der Waals surface area contributed by atoms with E-state index in [4.69, 9.17) is 0 Å². The maximum atomic E-state index is 13.7. The van der Waals surface area contributed by atoms with Crippen LogP contribution in [0.3, 0.4) is 0 Å². The Labute approximate surface area is 97.4 Å². The molecule has 17 heavy (non-hydrogen) atoms. The summed E-state index contributed by atoms with van der Waals surface area (Å²) in [6, 6.07) is 0. The van der Waals surface area contributed by atoms with E-state index in [1.54, 1.807) is 13.8 Å². The number of aromatic nitrogens is 3.